The van der Waals surface area contributed by atoms with E-state index in [0.29, 0.717) is 6.04 Å². The highest BCUT2D eigenvalue weighted by molar-refractivity contribution is 9.09. The van der Waals surface area contributed by atoms with Gasteiger partial charge < -0.3 is 0 Å². The Kier molecular flexibility index (Phi) is 4.06. The molecule has 1 aliphatic rings. The van der Waals surface area contributed by atoms with E-state index < -0.39 is 0 Å². The first-order valence-corrected chi connectivity index (χ1v) is 6.84. The zero-order valence-electron chi connectivity index (χ0n) is 8.63. The zero-order chi connectivity index (χ0) is 10.7. The summed E-state index contributed by atoms with van der Waals surface area (Å²) in [5.41, 5.74) is 1.32. The van der Waals surface area contributed by atoms with Crippen molar-refractivity contribution in [2.45, 2.75) is 25.4 Å². The lowest BCUT2D eigenvalue weighted by Gasteiger charge is -2.22. The first kappa shape index (κ1) is 11.4. The molecule has 0 aliphatic carbocycles. The highest BCUT2D eigenvalue weighted by atomic mass is 79.9. The molecule has 1 aliphatic heterocycles. The summed E-state index contributed by atoms with van der Waals surface area (Å²) in [6.07, 6.45) is 2.63. The first-order valence-electron chi connectivity index (χ1n) is 5.34. The monoisotopic (exact) mass is 287 g/mol. The van der Waals surface area contributed by atoms with Crippen molar-refractivity contribution < 1.29 is 0 Å². The third-order valence-electron chi connectivity index (χ3n) is 2.95. The maximum Gasteiger partial charge on any atom is 0.0409 e. The van der Waals surface area contributed by atoms with E-state index in [1.807, 2.05) is 12.1 Å². The van der Waals surface area contributed by atoms with Crippen LogP contribution in [0.15, 0.2) is 24.3 Å². The molecule has 0 amide bonds. The molecule has 0 N–H and O–H groups in total. The molecular weight excluding hydrogens is 273 g/mol. The van der Waals surface area contributed by atoms with Gasteiger partial charge in [-0.1, -0.05) is 39.7 Å². The predicted molar refractivity (Wildman–Crippen MR) is 68.7 cm³/mol. The molecule has 82 valence electrons. The summed E-state index contributed by atoms with van der Waals surface area (Å²) in [7, 11) is 0. The molecule has 1 aromatic rings. The van der Waals surface area contributed by atoms with Gasteiger partial charge in [0.1, 0.15) is 0 Å². The second kappa shape index (κ2) is 5.33. The maximum absolute atomic E-state index is 5.97. The van der Waals surface area contributed by atoms with Crippen molar-refractivity contribution in [3.63, 3.8) is 0 Å². The van der Waals surface area contributed by atoms with Crippen molar-refractivity contribution in [3.05, 3.63) is 34.9 Å². The number of likely N-dealkylation sites (tertiary alicyclic amines) is 1. The molecule has 0 aromatic heterocycles. The Labute approximate surface area is 105 Å². The van der Waals surface area contributed by atoms with E-state index in [2.05, 4.69) is 33.0 Å². The molecule has 1 aromatic carbocycles. The van der Waals surface area contributed by atoms with Gasteiger partial charge in [-0.3, -0.25) is 4.90 Å². The molecule has 15 heavy (non-hydrogen) atoms. The van der Waals surface area contributed by atoms with Crippen molar-refractivity contribution >= 4 is 27.5 Å². The van der Waals surface area contributed by atoms with Crippen LogP contribution in [0.25, 0.3) is 0 Å². The van der Waals surface area contributed by atoms with E-state index in [-0.39, 0.29) is 0 Å². The van der Waals surface area contributed by atoms with Gasteiger partial charge in [-0.05, 0) is 37.1 Å². The minimum absolute atomic E-state index is 0.698. The van der Waals surface area contributed by atoms with E-state index in [1.54, 1.807) is 0 Å². The lowest BCUT2D eigenvalue weighted by Crippen LogP contribution is -2.29. The van der Waals surface area contributed by atoms with Crippen LogP contribution in [0.2, 0.25) is 5.02 Å². The first-order chi connectivity index (χ1) is 7.29. The van der Waals surface area contributed by atoms with Gasteiger partial charge in [0, 0.05) is 22.9 Å². The van der Waals surface area contributed by atoms with E-state index in [1.165, 1.54) is 24.9 Å². The van der Waals surface area contributed by atoms with Crippen molar-refractivity contribution in [2.24, 2.45) is 0 Å². The van der Waals surface area contributed by atoms with Crippen LogP contribution in [0.3, 0.4) is 0 Å². The van der Waals surface area contributed by atoms with Crippen LogP contribution in [0.4, 0.5) is 0 Å². The molecular formula is C12H15BrClN. The SMILES string of the molecule is Clc1cccc(CN2CCCC2CBr)c1. The van der Waals surface area contributed by atoms with Gasteiger partial charge in [0.05, 0.1) is 0 Å². The average molecular weight is 289 g/mol. The lowest BCUT2D eigenvalue weighted by molar-refractivity contribution is 0.265. The number of rotatable bonds is 3. The van der Waals surface area contributed by atoms with Crippen molar-refractivity contribution in [1.29, 1.82) is 0 Å². The Balaban J connectivity index is 2.02. The molecule has 1 atom stereocenters. The summed E-state index contributed by atoms with van der Waals surface area (Å²) in [6.45, 7) is 2.24. The molecule has 1 unspecified atom stereocenters. The summed E-state index contributed by atoms with van der Waals surface area (Å²) in [5.74, 6) is 0. The number of halogens is 2. The van der Waals surface area contributed by atoms with Crippen LogP contribution in [-0.2, 0) is 6.54 Å². The van der Waals surface area contributed by atoms with Gasteiger partial charge in [0.15, 0.2) is 0 Å². The largest absolute Gasteiger partial charge is 0.295 e. The van der Waals surface area contributed by atoms with Crippen molar-refractivity contribution in [1.82, 2.24) is 4.90 Å². The Bertz CT molecular complexity index is 329. The van der Waals surface area contributed by atoms with Gasteiger partial charge in [-0.25, -0.2) is 0 Å². The molecule has 1 nitrogen and oxygen atoms in total. The highest BCUT2D eigenvalue weighted by Crippen LogP contribution is 2.22. The fraction of sp³-hybridized carbons (Fsp3) is 0.500. The van der Waals surface area contributed by atoms with Crippen LogP contribution in [0, 0.1) is 0 Å². The van der Waals surface area contributed by atoms with Crippen molar-refractivity contribution in [3.8, 4) is 0 Å². The Hall–Kier alpha value is -0.0500. The number of benzene rings is 1. The van der Waals surface area contributed by atoms with Crippen LogP contribution >= 0.6 is 27.5 Å². The average Bonchev–Trinajstić information content (AvgIpc) is 2.65. The number of alkyl halides is 1. The third kappa shape index (κ3) is 2.96. The molecule has 1 heterocycles. The third-order valence-corrected chi connectivity index (χ3v) is 3.93. The molecule has 3 heteroatoms. The van der Waals surface area contributed by atoms with Crippen LogP contribution in [-0.4, -0.2) is 22.8 Å². The van der Waals surface area contributed by atoms with Crippen LogP contribution < -0.4 is 0 Å². The normalized spacial score (nSPS) is 22.1. The summed E-state index contributed by atoms with van der Waals surface area (Å²) < 4.78 is 0. The van der Waals surface area contributed by atoms with Crippen LogP contribution in [0.1, 0.15) is 18.4 Å². The minimum Gasteiger partial charge on any atom is -0.295 e. The van der Waals surface area contributed by atoms with Gasteiger partial charge >= 0.3 is 0 Å². The van der Waals surface area contributed by atoms with Gasteiger partial charge in [-0.15, -0.1) is 0 Å². The van der Waals surface area contributed by atoms with Crippen LogP contribution in [0.5, 0.6) is 0 Å². The highest BCUT2D eigenvalue weighted by Gasteiger charge is 2.22. The number of nitrogens with zero attached hydrogens (tertiary/aromatic N) is 1. The number of hydrogen-bond acceptors (Lipinski definition) is 1. The van der Waals surface area contributed by atoms with E-state index in [9.17, 15) is 0 Å². The summed E-state index contributed by atoms with van der Waals surface area (Å²) >= 11 is 9.55. The molecule has 0 saturated carbocycles. The van der Waals surface area contributed by atoms with E-state index in [4.69, 9.17) is 11.6 Å². The number of hydrogen-bond donors (Lipinski definition) is 0. The topological polar surface area (TPSA) is 3.24 Å². The molecule has 2 rings (SSSR count). The smallest absolute Gasteiger partial charge is 0.0409 e. The minimum atomic E-state index is 0.698. The van der Waals surface area contributed by atoms with E-state index in [0.717, 1.165) is 16.9 Å². The summed E-state index contributed by atoms with van der Waals surface area (Å²) in [4.78, 5) is 2.53. The Morgan fingerprint density at radius 2 is 2.33 bits per heavy atom. The van der Waals surface area contributed by atoms with Gasteiger partial charge in [0.25, 0.3) is 0 Å². The summed E-state index contributed by atoms with van der Waals surface area (Å²) in [5, 5.41) is 1.91. The summed E-state index contributed by atoms with van der Waals surface area (Å²) in [6, 6.07) is 8.86. The molecule has 1 fully saturated rings. The molecule has 0 bridgehead atoms. The molecule has 0 radical (unpaired) electrons. The zero-order valence-corrected chi connectivity index (χ0v) is 11.0. The second-order valence-corrected chi connectivity index (χ2v) is 5.13. The lowest BCUT2D eigenvalue weighted by atomic mass is 10.2. The molecule has 1 saturated heterocycles. The van der Waals surface area contributed by atoms with Gasteiger partial charge in [0.2, 0.25) is 0 Å². The van der Waals surface area contributed by atoms with E-state index >= 15 is 0 Å². The standard InChI is InChI=1S/C12H15BrClN/c13-8-12-5-2-6-15(12)9-10-3-1-4-11(14)7-10/h1,3-4,7,12H,2,5-6,8-9H2. The fourth-order valence-corrected chi connectivity index (χ4v) is 3.09. The second-order valence-electron chi connectivity index (χ2n) is 4.05. The quantitative estimate of drug-likeness (QED) is 0.767. The predicted octanol–water partition coefficient (Wildman–Crippen LogP) is 3.70. The molecule has 0 spiro atoms. The van der Waals surface area contributed by atoms with Crippen molar-refractivity contribution in [2.75, 3.05) is 11.9 Å². The fourth-order valence-electron chi connectivity index (χ4n) is 2.15. The maximum atomic E-state index is 5.97. The Morgan fingerprint density at radius 3 is 3.07 bits per heavy atom. The Morgan fingerprint density at radius 1 is 1.47 bits per heavy atom. The van der Waals surface area contributed by atoms with Gasteiger partial charge in [-0.2, -0.15) is 0 Å².